The third-order valence-corrected chi connectivity index (χ3v) is 3.90. The molecule has 0 bridgehead atoms. The first kappa shape index (κ1) is 20.2. The molecular formula is C17H18N4O5S. The molecule has 9 nitrogen and oxygen atoms in total. The normalized spacial score (nSPS) is 10.3. The van der Waals surface area contributed by atoms with Crippen molar-refractivity contribution in [3.05, 3.63) is 57.8 Å². The highest BCUT2D eigenvalue weighted by Crippen LogP contribution is 2.11. The van der Waals surface area contributed by atoms with E-state index in [0.717, 1.165) is 6.07 Å². The highest BCUT2D eigenvalue weighted by atomic mass is 32.2. The van der Waals surface area contributed by atoms with Crippen LogP contribution in [-0.4, -0.2) is 45.7 Å². The molecule has 0 atom stereocenters. The van der Waals surface area contributed by atoms with E-state index in [4.69, 9.17) is 5.11 Å². The van der Waals surface area contributed by atoms with E-state index in [-0.39, 0.29) is 18.7 Å². The summed E-state index contributed by atoms with van der Waals surface area (Å²) in [7, 11) is 0. The third kappa shape index (κ3) is 6.26. The van der Waals surface area contributed by atoms with Gasteiger partial charge < -0.3 is 20.7 Å². The van der Waals surface area contributed by atoms with Crippen molar-refractivity contribution in [1.29, 1.82) is 0 Å². The number of carboxylic acid groups (broad SMARTS) is 1. The van der Waals surface area contributed by atoms with Crippen molar-refractivity contribution in [2.24, 2.45) is 0 Å². The van der Waals surface area contributed by atoms with Gasteiger partial charge in [0.2, 0.25) is 0 Å². The molecule has 2 rings (SSSR count). The Morgan fingerprint density at radius 1 is 1.19 bits per heavy atom. The average molecular weight is 390 g/mol. The zero-order valence-corrected chi connectivity index (χ0v) is 15.3. The summed E-state index contributed by atoms with van der Waals surface area (Å²) in [5, 5.41) is 13.6. The second kappa shape index (κ2) is 9.53. The Kier molecular flexibility index (Phi) is 7.12. The molecule has 0 fully saturated rings. The maximum atomic E-state index is 12.3. The van der Waals surface area contributed by atoms with Crippen LogP contribution in [0.1, 0.15) is 33.1 Å². The lowest BCUT2D eigenvalue weighted by atomic mass is 10.2. The van der Waals surface area contributed by atoms with Crippen LogP contribution in [0.4, 0.5) is 5.69 Å². The van der Waals surface area contributed by atoms with Gasteiger partial charge in [0, 0.05) is 23.9 Å². The number of H-pyrrole nitrogens is 1. The Morgan fingerprint density at radius 2 is 1.89 bits per heavy atom. The van der Waals surface area contributed by atoms with E-state index in [0.29, 0.717) is 22.8 Å². The number of benzene rings is 1. The van der Waals surface area contributed by atoms with Crippen LogP contribution in [0.25, 0.3) is 0 Å². The number of rotatable bonds is 8. The summed E-state index contributed by atoms with van der Waals surface area (Å²) in [6.07, 6.45) is 1.69. The molecule has 2 amide bonds. The Bertz CT molecular complexity index is 895. The number of hydrogen-bond acceptors (Lipinski definition) is 6. The van der Waals surface area contributed by atoms with Crippen LogP contribution in [0.3, 0.4) is 0 Å². The zero-order chi connectivity index (χ0) is 19.8. The minimum absolute atomic E-state index is 0.00158. The van der Waals surface area contributed by atoms with Gasteiger partial charge in [0.05, 0.1) is 12.2 Å². The van der Waals surface area contributed by atoms with Gasteiger partial charge >= 0.3 is 5.97 Å². The quantitative estimate of drug-likeness (QED) is 0.529. The first-order chi connectivity index (χ1) is 12.9. The predicted molar refractivity (Wildman–Crippen MR) is 101 cm³/mol. The number of nitrogens with zero attached hydrogens (tertiary/aromatic N) is 1. The zero-order valence-electron chi connectivity index (χ0n) is 14.4. The summed E-state index contributed by atoms with van der Waals surface area (Å²) in [5.41, 5.74) is 0.344. The molecule has 142 valence electrons. The molecular weight excluding hydrogens is 372 g/mol. The monoisotopic (exact) mass is 390 g/mol. The predicted octanol–water partition coefficient (Wildman–Crippen LogP) is 1.09. The number of carbonyl (C=O) groups excluding carboxylic acids is 2. The number of aromatic nitrogens is 2. The fraction of sp³-hybridized carbons (Fsp3) is 0.235. The second-order valence-corrected chi connectivity index (χ2v) is 6.31. The van der Waals surface area contributed by atoms with Crippen molar-refractivity contribution >= 4 is 35.2 Å². The number of nitrogens with one attached hydrogen (secondary N) is 3. The van der Waals surface area contributed by atoms with E-state index in [2.05, 4.69) is 20.6 Å². The molecule has 0 saturated carbocycles. The SMILES string of the molecule is CSCc1nc(C(=O)Nc2ccc(C(=O)NCCC(=O)O)cc2)cc(=O)[nH]1. The Balaban J connectivity index is 2.01. The summed E-state index contributed by atoms with van der Waals surface area (Å²) in [5.74, 6) is -1.06. The summed E-state index contributed by atoms with van der Waals surface area (Å²) >= 11 is 1.46. The molecule has 0 aliphatic carbocycles. The van der Waals surface area contributed by atoms with Gasteiger partial charge in [-0.15, -0.1) is 0 Å². The van der Waals surface area contributed by atoms with E-state index in [9.17, 15) is 19.2 Å². The summed E-state index contributed by atoms with van der Waals surface area (Å²) in [6.45, 7) is 0.0270. The fourth-order valence-electron chi connectivity index (χ4n) is 2.11. The molecule has 1 aromatic heterocycles. The van der Waals surface area contributed by atoms with Crippen LogP contribution >= 0.6 is 11.8 Å². The van der Waals surface area contributed by atoms with Gasteiger partial charge in [0.15, 0.2) is 0 Å². The summed E-state index contributed by atoms with van der Waals surface area (Å²) in [6, 6.07) is 7.16. The highest BCUT2D eigenvalue weighted by Gasteiger charge is 2.12. The van der Waals surface area contributed by atoms with Crippen molar-refractivity contribution in [1.82, 2.24) is 15.3 Å². The highest BCUT2D eigenvalue weighted by molar-refractivity contribution is 7.97. The van der Waals surface area contributed by atoms with Crippen LogP contribution in [0.15, 0.2) is 35.1 Å². The Hall–Kier alpha value is -3.14. The molecule has 4 N–H and O–H groups in total. The molecule has 2 aromatic rings. The molecule has 1 aromatic carbocycles. The minimum atomic E-state index is -0.998. The van der Waals surface area contributed by atoms with Crippen LogP contribution in [0.5, 0.6) is 0 Å². The van der Waals surface area contributed by atoms with Crippen molar-refractivity contribution in [3.8, 4) is 0 Å². The van der Waals surface area contributed by atoms with Gasteiger partial charge in [0.25, 0.3) is 17.4 Å². The van der Waals surface area contributed by atoms with E-state index in [1.807, 2.05) is 6.26 Å². The molecule has 0 radical (unpaired) electrons. The maximum Gasteiger partial charge on any atom is 0.305 e. The molecule has 27 heavy (non-hydrogen) atoms. The number of thioether (sulfide) groups is 1. The number of carboxylic acids is 1. The van der Waals surface area contributed by atoms with Crippen molar-refractivity contribution in [2.75, 3.05) is 18.1 Å². The first-order valence-electron chi connectivity index (χ1n) is 7.89. The van der Waals surface area contributed by atoms with Gasteiger partial charge in [-0.25, -0.2) is 4.98 Å². The number of aliphatic carboxylic acids is 1. The second-order valence-electron chi connectivity index (χ2n) is 5.44. The molecule has 0 aliphatic heterocycles. The number of carbonyl (C=O) groups is 3. The van der Waals surface area contributed by atoms with Crippen LogP contribution < -0.4 is 16.2 Å². The number of aromatic amines is 1. The number of hydrogen-bond donors (Lipinski definition) is 4. The molecule has 0 unspecified atom stereocenters. The van der Waals surface area contributed by atoms with Crippen molar-refractivity contribution in [2.45, 2.75) is 12.2 Å². The van der Waals surface area contributed by atoms with E-state index >= 15 is 0 Å². The third-order valence-electron chi connectivity index (χ3n) is 3.33. The lowest BCUT2D eigenvalue weighted by Gasteiger charge is -2.07. The summed E-state index contributed by atoms with van der Waals surface area (Å²) < 4.78 is 0. The van der Waals surface area contributed by atoms with Gasteiger partial charge in [0.1, 0.15) is 11.5 Å². The average Bonchev–Trinajstić information content (AvgIpc) is 2.61. The van der Waals surface area contributed by atoms with Crippen molar-refractivity contribution in [3.63, 3.8) is 0 Å². The topological polar surface area (TPSA) is 141 Å². The van der Waals surface area contributed by atoms with E-state index in [1.54, 1.807) is 0 Å². The Labute approximate surface area is 158 Å². The van der Waals surface area contributed by atoms with Gasteiger partial charge in [-0.3, -0.25) is 19.2 Å². The van der Waals surface area contributed by atoms with Crippen molar-refractivity contribution < 1.29 is 19.5 Å². The van der Waals surface area contributed by atoms with Crippen LogP contribution in [0.2, 0.25) is 0 Å². The molecule has 0 saturated heterocycles. The summed E-state index contributed by atoms with van der Waals surface area (Å²) in [4.78, 5) is 52.9. The van der Waals surface area contributed by atoms with Gasteiger partial charge in [-0.05, 0) is 30.5 Å². The maximum absolute atomic E-state index is 12.3. The molecule has 0 spiro atoms. The number of anilines is 1. The lowest BCUT2D eigenvalue weighted by Crippen LogP contribution is -2.26. The molecule has 0 aliphatic rings. The first-order valence-corrected chi connectivity index (χ1v) is 9.29. The molecule has 1 heterocycles. The van der Waals surface area contributed by atoms with Crippen LogP contribution in [0, 0.1) is 0 Å². The smallest absolute Gasteiger partial charge is 0.305 e. The number of amides is 2. The molecule has 10 heteroatoms. The minimum Gasteiger partial charge on any atom is -0.481 e. The van der Waals surface area contributed by atoms with E-state index < -0.39 is 23.3 Å². The Morgan fingerprint density at radius 3 is 2.52 bits per heavy atom. The fourth-order valence-corrected chi connectivity index (χ4v) is 2.52. The lowest BCUT2D eigenvalue weighted by molar-refractivity contribution is -0.136. The van der Waals surface area contributed by atoms with Gasteiger partial charge in [-0.1, -0.05) is 0 Å². The standard InChI is InChI=1S/C17H18N4O5S/c1-27-9-13-20-12(8-14(22)21-13)17(26)19-11-4-2-10(3-5-11)16(25)18-7-6-15(23)24/h2-5,8H,6-7,9H2,1H3,(H,18,25)(H,19,26)(H,23,24)(H,20,21,22). The van der Waals surface area contributed by atoms with E-state index in [1.165, 1.54) is 36.0 Å². The van der Waals surface area contributed by atoms with Crippen LogP contribution in [-0.2, 0) is 10.5 Å². The van der Waals surface area contributed by atoms with Gasteiger partial charge in [-0.2, -0.15) is 11.8 Å². The largest absolute Gasteiger partial charge is 0.481 e.